The molecule has 1 atom stereocenters. The maximum Gasteiger partial charge on any atom is 0.238 e. The molecule has 2 aromatic heterocycles. The number of aromatic nitrogens is 4. The van der Waals surface area contributed by atoms with Crippen molar-refractivity contribution in [2.45, 2.75) is 17.3 Å². The molecule has 134 valence electrons. The van der Waals surface area contributed by atoms with Crippen LogP contribution in [0.15, 0.2) is 47.8 Å². The van der Waals surface area contributed by atoms with Crippen LogP contribution in [0, 0.1) is 0 Å². The molecule has 1 aromatic carbocycles. The second-order valence-corrected chi connectivity index (χ2v) is 7.42. The highest BCUT2D eigenvalue weighted by Gasteiger charge is 2.21. The molecule has 0 aliphatic rings. The SMILES string of the molecule is C[C@@H](Sc1nnc(-c2ccccc2Cl)n1N)C(=O)Nc1ccc(Cl)cn1. The summed E-state index contributed by atoms with van der Waals surface area (Å²) in [5, 5.41) is 11.8. The third-order valence-corrected chi connectivity index (χ3v) is 5.02. The van der Waals surface area contributed by atoms with Crippen molar-refractivity contribution in [2.75, 3.05) is 11.2 Å². The molecule has 7 nitrogen and oxygen atoms in total. The molecule has 1 amide bonds. The van der Waals surface area contributed by atoms with Gasteiger partial charge < -0.3 is 11.2 Å². The number of nitrogens with one attached hydrogen (secondary N) is 1. The summed E-state index contributed by atoms with van der Waals surface area (Å²) in [5.74, 6) is 6.67. The highest BCUT2D eigenvalue weighted by atomic mass is 35.5. The van der Waals surface area contributed by atoms with Gasteiger partial charge in [-0.25, -0.2) is 9.66 Å². The second-order valence-electron chi connectivity index (χ2n) is 5.27. The molecule has 26 heavy (non-hydrogen) atoms. The molecule has 0 bridgehead atoms. The van der Waals surface area contributed by atoms with Crippen LogP contribution in [0.5, 0.6) is 0 Å². The minimum absolute atomic E-state index is 0.243. The van der Waals surface area contributed by atoms with Gasteiger partial charge in [0.1, 0.15) is 5.82 Å². The number of anilines is 1. The van der Waals surface area contributed by atoms with E-state index in [1.165, 1.54) is 22.6 Å². The summed E-state index contributed by atoms with van der Waals surface area (Å²) in [6, 6.07) is 10.5. The van der Waals surface area contributed by atoms with E-state index in [9.17, 15) is 4.79 Å². The maximum absolute atomic E-state index is 12.3. The van der Waals surface area contributed by atoms with Crippen molar-refractivity contribution < 1.29 is 4.79 Å². The summed E-state index contributed by atoms with van der Waals surface area (Å²) in [7, 11) is 0. The molecule has 3 rings (SSSR count). The standard InChI is InChI=1S/C16H14Cl2N6OS/c1-9(15(25)21-13-7-6-10(17)8-20-13)26-16-23-22-14(24(16)19)11-4-2-3-5-12(11)18/h2-9H,19H2,1H3,(H,20,21,25)/t9-/m1/s1. The zero-order chi connectivity index (χ0) is 18.7. The van der Waals surface area contributed by atoms with Gasteiger partial charge in [0.05, 0.1) is 15.3 Å². The van der Waals surface area contributed by atoms with Gasteiger partial charge in [-0.05, 0) is 31.2 Å². The minimum atomic E-state index is -0.474. The van der Waals surface area contributed by atoms with Gasteiger partial charge in [0, 0.05) is 11.8 Å². The Labute approximate surface area is 163 Å². The summed E-state index contributed by atoms with van der Waals surface area (Å²) in [5.41, 5.74) is 0.665. The zero-order valence-corrected chi connectivity index (χ0v) is 15.9. The van der Waals surface area contributed by atoms with Crippen LogP contribution < -0.4 is 11.2 Å². The van der Waals surface area contributed by atoms with E-state index in [2.05, 4.69) is 20.5 Å². The van der Waals surface area contributed by atoms with E-state index in [1.807, 2.05) is 12.1 Å². The number of nitrogens with two attached hydrogens (primary N) is 1. The average molecular weight is 409 g/mol. The maximum atomic E-state index is 12.3. The molecule has 0 unspecified atom stereocenters. The fourth-order valence-corrected chi connectivity index (χ4v) is 3.18. The molecule has 0 saturated heterocycles. The first kappa shape index (κ1) is 18.5. The second kappa shape index (κ2) is 7.94. The normalized spacial score (nSPS) is 12.0. The van der Waals surface area contributed by atoms with Crippen molar-refractivity contribution in [1.82, 2.24) is 19.9 Å². The van der Waals surface area contributed by atoms with Gasteiger partial charge >= 0.3 is 0 Å². The Morgan fingerprint density at radius 1 is 1.23 bits per heavy atom. The lowest BCUT2D eigenvalue weighted by atomic mass is 10.2. The van der Waals surface area contributed by atoms with Gasteiger partial charge in [-0.2, -0.15) is 0 Å². The Kier molecular flexibility index (Phi) is 5.65. The molecule has 10 heteroatoms. The Balaban J connectivity index is 1.71. The Hall–Kier alpha value is -2.29. The van der Waals surface area contributed by atoms with Gasteiger partial charge in [0.25, 0.3) is 0 Å². The van der Waals surface area contributed by atoms with Crippen LogP contribution in [0.1, 0.15) is 6.92 Å². The number of hydrogen-bond acceptors (Lipinski definition) is 6. The van der Waals surface area contributed by atoms with E-state index in [0.717, 1.165) is 0 Å². The molecular formula is C16H14Cl2N6OS. The van der Waals surface area contributed by atoms with Gasteiger partial charge in [-0.3, -0.25) is 4.79 Å². The highest BCUT2D eigenvalue weighted by Crippen LogP contribution is 2.29. The summed E-state index contributed by atoms with van der Waals surface area (Å²) in [6.45, 7) is 1.74. The Morgan fingerprint density at radius 2 is 2.00 bits per heavy atom. The lowest BCUT2D eigenvalue weighted by molar-refractivity contribution is -0.115. The predicted molar refractivity (Wildman–Crippen MR) is 104 cm³/mol. The summed E-state index contributed by atoms with van der Waals surface area (Å²) in [4.78, 5) is 16.4. The highest BCUT2D eigenvalue weighted by molar-refractivity contribution is 8.00. The molecule has 0 aliphatic heterocycles. The van der Waals surface area contributed by atoms with Crippen molar-refractivity contribution in [1.29, 1.82) is 0 Å². The number of pyridine rings is 1. The molecule has 0 spiro atoms. The van der Waals surface area contributed by atoms with Crippen molar-refractivity contribution in [3.05, 3.63) is 52.6 Å². The number of halogens is 2. The number of amides is 1. The third-order valence-electron chi connectivity index (χ3n) is 3.41. The number of carbonyl (C=O) groups is 1. The van der Waals surface area contributed by atoms with Gasteiger partial charge in [-0.15, -0.1) is 10.2 Å². The number of nitrogens with zero attached hydrogens (tertiary/aromatic N) is 4. The van der Waals surface area contributed by atoms with E-state index >= 15 is 0 Å². The fraction of sp³-hybridized carbons (Fsp3) is 0.125. The quantitative estimate of drug-likeness (QED) is 0.495. The zero-order valence-electron chi connectivity index (χ0n) is 13.6. The Bertz CT molecular complexity index is 931. The first-order chi connectivity index (χ1) is 12.5. The van der Waals surface area contributed by atoms with Crippen LogP contribution in [0.25, 0.3) is 11.4 Å². The van der Waals surface area contributed by atoms with E-state index < -0.39 is 5.25 Å². The van der Waals surface area contributed by atoms with Gasteiger partial charge in [0.15, 0.2) is 5.82 Å². The number of carbonyl (C=O) groups excluding carboxylic acids is 1. The topological polar surface area (TPSA) is 98.7 Å². The number of hydrogen-bond donors (Lipinski definition) is 2. The average Bonchev–Trinajstić information content (AvgIpc) is 2.98. The van der Waals surface area contributed by atoms with Crippen molar-refractivity contribution >= 4 is 46.7 Å². The molecule has 0 radical (unpaired) electrons. The molecule has 0 fully saturated rings. The molecular weight excluding hydrogens is 395 g/mol. The number of nitrogen functional groups attached to an aromatic ring is 1. The molecule has 0 aliphatic carbocycles. The number of thioether (sulfide) groups is 1. The third kappa shape index (κ3) is 4.09. The summed E-state index contributed by atoms with van der Waals surface area (Å²) >= 11 is 13.1. The molecule has 0 saturated carbocycles. The predicted octanol–water partition coefficient (Wildman–Crippen LogP) is 3.48. The van der Waals surface area contributed by atoms with Crippen LogP contribution in [0.4, 0.5) is 5.82 Å². The van der Waals surface area contributed by atoms with E-state index in [4.69, 9.17) is 29.0 Å². The lowest BCUT2D eigenvalue weighted by Crippen LogP contribution is -2.24. The van der Waals surface area contributed by atoms with E-state index in [-0.39, 0.29) is 5.91 Å². The van der Waals surface area contributed by atoms with Crippen LogP contribution in [0.2, 0.25) is 10.0 Å². The van der Waals surface area contributed by atoms with Gasteiger partial charge in [0.2, 0.25) is 11.1 Å². The van der Waals surface area contributed by atoms with Crippen LogP contribution in [-0.4, -0.2) is 31.0 Å². The summed E-state index contributed by atoms with van der Waals surface area (Å²) in [6.07, 6.45) is 1.46. The first-order valence-electron chi connectivity index (χ1n) is 7.50. The summed E-state index contributed by atoms with van der Waals surface area (Å²) < 4.78 is 1.32. The van der Waals surface area contributed by atoms with Crippen molar-refractivity contribution in [2.24, 2.45) is 0 Å². The largest absolute Gasteiger partial charge is 0.335 e. The fourth-order valence-electron chi connectivity index (χ4n) is 2.07. The molecule has 2 heterocycles. The van der Waals surface area contributed by atoms with E-state index in [0.29, 0.717) is 32.4 Å². The monoisotopic (exact) mass is 408 g/mol. The smallest absolute Gasteiger partial charge is 0.238 e. The minimum Gasteiger partial charge on any atom is -0.335 e. The number of rotatable bonds is 5. The first-order valence-corrected chi connectivity index (χ1v) is 9.13. The van der Waals surface area contributed by atoms with Crippen LogP contribution >= 0.6 is 35.0 Å². The van der Waals surface area contributed by atoms with Crippen LogP contribution in [-0.2, 0) is 4.79 Å². The van der Waals surface area contributed by atoms with Crippen molar-refractivity contribution in [3.8, 4) is 11.4 Å². The van der Waals surface area contributed by atoms with Crippen LogP contribution in [0.3, 0.4) is 0 Å². The Morgan fingerprint density at radius 3 is 2.69 bits per heavy atom. The van der Waals surface area contributed by atoms with Gasteiger partial charge in [-0.1, -0.05) is 47.1 Å². The lowest BCUT2D eigenvalue weighted by Gasteiger charge is -2.11. The van der Waals surface area contributed by atoms with Crippen molar-refractivity contribution in [3.63, 3.8) is 0 Å². The molecule has 3 N–H and O–H groups in total. The van der Waals surface area contributed by atoms with E-state index in [1.54, 1.807) is 31.2 Å². The molecule has 3 aromatic rings. The number of benzene rings is 1.